The maximum Gasteiger partial charge on any atom is 0.303 e. The number of hydrogen-bond acceptors (Lipinski definition) is 3. The Labute approximate surface area is 114 Å². The third-order valence-corrected chi connectivity index (χ3v) is 3.52. The molecule has 4 heteroatoms. The lowest BCUT2D eigenvalue weighted by Crippen LogP contribution is -2.31. The van der Waals surface area contributed by atoms with Crippen LogP contribution in [0.1, 0.15) is 45.2 Å². The first-order valence-corrected chi connectivity index (χ1v) is 6.57. The van der Waals surface area contributed by atoms with E-state index in [1.807, 2.05) is 32.0 Å². The van der Waals surface area contributed by atoms with Crippen molar-refractivity contribution in [3.63, 3.8) is 0 Å². The number of carboxylic acids is 1. The molecule has 1 heterocycles. The molecular formula is C15H20N2O2. The zero-order chi connectivity index (χ0) is 14.3. The minimum atomic E-state index is -0.787. The van der Waals surface area contributed by atoms with E-state index in [0.29, 0.717) is 19.3 Å². The molecule has 1 N–H and O–H groups in total. The predicted molar refractivity (Wildman–Crippen MR) is 72.5 cm³/mol. The van der Waals surface area contributed by atoms with Gasteiger partial charge in [-0.1, -0.05) is 26.3 Å². The van der Waals surface area contributed by atoms with Crippen LogP contribution in [0, 0.1) is 17.2 Å². The second-order valence-electron chi connectivity index (χ2n) is 5.05. The molecule has 4 nitrogen and oxygen atoms in total. The van der Waals surface area contributed by atoms with Crippen LogP contribution in [-0.2, 0) is 10.2 Å². The van der Waals surface area contributed by atoms with E-state index in [2.05, 4.69) is 11.1 Å². The van der Waals surface area contributed by atoms with Crippen LogP contribution in [0.3, 0.4) is 0 Å². The van der Waals surface area contributed by atoms with Crippen LogP contribution in [0.4, 0.5) is 0 Å². The monoisotopic (exact) mass is 260 g/mol. The first-order chi connectivity index (χ1) is 9.03. The quantitative estimate of drug-likeness (QED) is 0.764. The molecule has 0 saturated carbocycles. The number of aliphatic carboxylic acids is 1. The highest BCUT2D eigenvalue weighted by Gasteiger charge is 2.36. The number of nitriles is 1. The highest BCUT2D eigenvalue weighted by molar-refractivity contribution is 5.66. The minimum Gasteiger partial charge on any atom is -0.481 e. The molecule has 0 spiro atoms. The van der Waals surface area contributed by atoms with Gasteiger partial charge in [-0.25, -0.2) is 0 Å². The first kappa shape index (κ1) is 15.2. The molecule has 1 rings (SSSR count). The second-order valence-corrected chi connectivity index (χ2v) is 5.05. The summed E-state index contributed by atoms with van der Waals surface area (Å²) in [5, 5.41) is 18.3. The zero-order valence-electron chi connectivity index (χ0n) is 11.5. The number of hydrogen-bond donors (Lipinski definition) is 1. The van der Waals surface area contributed by atoms with E-state index in [4.69, 9.17) is 5.11 Å². The molecule has 0 aliphatic heterocycles. The largest absolute Gasteiger partial charge is 0.481 e. The van der Waals surface area contributed by atoms with Gasteiger partial charge in [0.1, 0.15) is 5.41 Å². The summed E-state index contributed by atoms with van der Waals surface area (Å²) in [5.74, 6) is -0.651. The normalized spacial score (nSPS) is 13.8. The maximum absolute atomic E-state index is 10.5. The molecule has 0 aromatic carbocycles. The fraction of sp³-hybridized carbons (Fsp3) is 0.533. The number of carbonyl (C=O) groups is 1. The van der Waals surface area contributed by atoms with Crippen molar-refractivity contribution in [2.24, 2.45) is 5.92 Å². The third kappa shape index (κ3) is 3.78. The summed E-state index contributed by atoms with van der Waals surface area (Å²) >= 11 is 0. The second kappa shape index (κ2) is 6.89. The Hall–Kier alpha value is -1.89. The average molecular weight is 260 g/mol. The maximum atomic E-state index is 10.5. The number of pyridine rings is 1. The predicted octanol–water partition coefficient (Wildman–Crippen LogP) is 3.14. The van der Waals surface area contributed by atoms with Gasteiger partial charge in [0.25, 0.3) is 0 Å². The average Bonchev–Trinajstić information content (AvgIpc) is 2.39. The van der Waals surface area contributed by atoms with Crippen molar-refractivity contribution in [3.8, 4) is 6.07 Å². The molecular weight excluding hydrogens is 240 g/mol. The topological polar surface area (TPSA) is 74.0 Å². The van der Waals surface area contributed by atoms with E-state index in [0.717, 1.165) is 5.69 Å². The van der Waals surface area contributed by atoms with Crippen molar-refractivity contribution in [2.45, 2.75) is 44.9 Å². The van der Waals surface area contributed by atoms with E-state index >= 15 is 0 Å². The van der Waals surface area contributed by atoms with E-state index in [-0.39, 0.29) is 12.3 Å². The van der Waals surface area contributed by atoms with Crippen LogP contribution in [0.15, 0.2) is 24.4 Å². The van der Waals surface area contributed by atoms with Gasteiger partial charge < -0.3 is 5.11 Å². The molecule has 0 aliphatic carbocycles. The lowest BCUT2D eigenvalue weighted by molar-refractivity contribution is -0.137. The smallest absolute Gasteiger partial charge is 0.303 e. The fourth-order valence-corrected chi connectivity index (χ4v) is 2.26. The van der Waals surface area contributed by atoms with Crippen LogP contribution in [0.2, 0.25) is 0 Å². The van der Waals surface area contributed by atoms with Gasteiger partial charge in [0.2, 0.25) is 0 Å². The van der Waals surface area contributed by atoms with Gasteiger partial charge in [-0.3, -0.25) is 9.78 Å². The van der Waals surface area contributed by atoms with Gasteiger partial charge >= 0.3 is 5.97 Å². The zero-order valence-corrected chi connectivity index (χ0v) is 11.5. The molecule has 0 saturated heterocycles. The van der Waals surface area contributed by atoms with Gasteiger partial charge in [0.15, 0.2) is 0 Å². The van der Waals surface area contributed by atoms with Crippen LogP contribution < -0.4 is 0 Å². The Kier molecular flexibility index (Phi) is 5.50. The Balaban J connectivity index is 2.83. The number of unbranched alkanes of at least 4 members (excludes halogenated alkanes) is 1. The van der Waals surface area contributed by atoms with E-state index in [1.54, 1.807) is 6.20 Å². The van der Waals surface area contributed by atoms with E-state index in [9.17, 15) is 10.1 Å². The third-order valence-electron chi connectivity index (χ3n) is 3.52. The summed E-state index contributed by atoms with van der Waals surface area (Å²) in [6.45, 7) is 4.02. The molecule has 1 atom stereocenters. The van der Waals surface area contributed by atoms with E-state index in [1.165, 1.54) is 0 Å². The highest BCUT2D eigenvalue weighted by atomic mass is 16.4. The van der Waals surface area contributed by atoms with Gasteiger partial charge in [0, 0.05) is 12.6 Å². The molecule has 1 aromatic rings. The van der Waals surface area contributed by atoms with Crippen molar-refractivity contribution in [1.82, 2.24) is 4.98 Å². The molecule has 1 aromatic heterocycles. The molecule has 102 valence electrons. The highest BCUT2D eigenvalue weighted by Crippen LogP contribution is 2.35. The summed E-state index contributed by atoms with van der Waals surface area (Å²) in [7, 11) is 0. The van der Waals surface area contributed by atoms with Crippen molar-refractivity contribution in [3.05, 3.63) is 30.1 Å². The van der Waals surface area contributed by atoms with Crippen molar-refractivity contribution >= 4 is 5.97 Å². The number of aromatic nitrogens is 1. The van der Waals surface area contributed by atoms with Crippen molar-refractivity contribution in [2.75, 3.05) is 0 Å². The Bertz CT molecular complexity index is 451. The molecule has 0 fully saturated rings. The fourth-order valence-electron chi connectivity index (χ4n) is 2.26. The summed E-state index contributed by atoms with van der Waals surface area (Å²) in [6.07, 6.45) is 3.81. The Morgan fingerprint density at radius 2 is 2.21 bits per heavy atom. The lowest BCUT2D eigenvalue weighted by Gasteiger charge is -2.30. The number of nitrogens with zero attached hydrogens (tertiary/aromatic N) is 2. The Morgan fingerprint density at radius 1 is 1.47 bits per heavy atom. The van der Waals surface area contributed by atoms with E-state index < -0.39 is 11.4 Å². The summed E-state index contributed by atoms with van der Waals surface area (Å²) in [4.78, 5) is 14.8. The molecule has 19 heavy (non-hydrogen) atoms. The summed E-state index contributed by atoms with van der Waals surface area (Å²) < 4.78 is 0. The van der Waals surface area contributed by atoms with Crippen LogP contribution in [0.5, 0.6) is 0 Å². The summed E-state index contributed by atoms with van der Waals surface area (Å²) in [5.41, 5.74) is 0.155. The minimum absolute atomic E-state index is 0.136. The molecule has 0 aliphatic rings. The lowest BCUT2D eigenvalue weighted by atomic mass is 9.72. The number of rotatable bonds is 7. The standard InChI is InChI=1S/C15H20N2O2/c1-12(2)15(11-16,9-5-3-8-14(18)19)13-7-4-6-10-17-13/h4,6-7,10,12H,3,5,8-9H2,1-2H3,(H,18,19). The first-order valence-electron chi connectivity index (χ1n) is 6.57. The van der Waals surface area contributed by atoms with Gasteiger partial charge in [0.05, 0.1) is 11.8 Å². The van der Waals surface area contributed by atoms with Crippen molar-refractivity contribution < 1.29 is 9.90 Å². The van der Waals surface area contributed by atoms with Crippen molar-refractivity contribution in [1.29, 1.82) is 5.26 Å². The summed E-state index contributed by atoms with van der Waals surface area (Å²) in [6, 6.07) is 8.00. The van der Waals surface area contributed by atoms with Crippen LogP contribution >= 0.6 is 0 Å². The molecule has 1 unspecified atom stereocenters. The van der Waals surface area contributed by atoms with Crippen LogP contribution in [-0.4, -0.2) is 16.1 Å². The number of carboxylic acid groups (broad SMARTS) is 1. The van der Waals surface area contributed by atoms with Crippen LogP contribution in [0.25, 0.3) is 0 Å². The molecule has 0 radical (unpaired) electrons. The Morgan fingerprint density at radius 3 is 2.68 bits per heavy atom. The van der Waals surface area contributed by atoms with Gasteiger partial charge in [-0.05, 0) is 30.9 Å². The molecule has 0 amide bonds. The van der Waals surface area contributed by atoms with Gasteiger partial charge in [-0.2, -0.15) is 5.26 Å². The molecule has 0 bridgehead atoms. The van der Waals surface area contributed by atoms with Gasteiger partial charge in [-0.15, -0.1) is 0 Å². The SMILES string of the molecule is CC(C)C(C#N)(CCCCC(=O)O)c1ccccn1.